The zero-order valence-electron chi connectivity index (χ0n) is 13.0. The van der Waals surface area contributed by atoms with Crippen molar-refractivity contribution in [1.29, 1.82) is 0 Å². The monoisotopic (exact) mass is 310 g/mol. The van der Waals surface area contributed by atoms with E-state index in [0.717, 1.165) is 40.6 Å². The average molecular weight is 310 g/mol. The summed E-state index contributed by atoms with van der Waals surface area (Å²) in [7, 11) is 0. The lowest BCUT2D eigenvalue weighted by atomic mass is 10.1. The highest BCUT2D eigenvalue weighted by Gasteiger charge is 2.03. The van der Waals surface area contributed by atoms with Gasteiger partial charge in [-0.15, -0.1) is 0 Å². The van der Waals surface area contributed by atoms with Crippen LogP contribution in [-0.4, -0.2) is 11.5 Å². The van der Waals surface area contributed by atoms with E-state index in [1.54, 1.807) is 12.1 Å². The third-order valence-electron chi connectivity index (χ3n) is 3.90. The van der Waals surface area contributed by atoms with E-state index >= 15 is 0 Å². The number of halogens is 1. The molecule has 1 aromatic heterocycles. The second-order valence-corrected chi connectivity index (χ2v) is 5.77. The van der Waals surface area contributed by atoms with E-state index in [1.807, 2.05) is 31.2 Å². The zero-order valence-corrected chi connectivity index (χ0v) is 13.0. The highest BCUT2D eigenvalue weighted by molar-refractivity contribution is 5.79. The smallest absolute Gasteiger partial charge is 0.252 e. The molecule has 4 heteroatoms. The molecule has 0 amide bonds. The maximum Gasteiger partial charge on any atom is 0.252 e. The standard InChI is InChI=1S/C19H19FN2O/c1-13-2-5-15-11-16(19(23)22-18(15)10-13)12-21-9-8-14-3-6-17(20)7-4-14/h2-7,10-11,21H,8-9,12H2,1H3,(H,22,23). The van der Waals surface area contributed by atoms with Crippen molar-refractivity contribution in [3.63, 3.8) is 0 Å². The number of aryl methyl sites for hydroxylation is 1. The molecule has 0 aliphatic carbocycles. The lowest BCUT2D eigenvalue weighted by Crippen LogP contribution is -2.22. The molecule has 0 saturated carbocycles. The Bertz CT molecular complexity index is 869. The zero-order chi connectivity index (χ0) is 16.2. The Kier molecular flexibility index (Phi) is 4.53. The van der Waals surface area contributed by atoms with Gasteiger partial charge in [0.25, 0.3) is 5.56 Å². The third kappa shape index (κ3) is 3.85. The predicted octanol–water partition coefficient (Wildman–Crippen LogP) is 3.31. The highest BCUT2D eigenvalue weighted by Crippen LogP contribution is 2.13. The van der Waals surface area contributed by atoms with Gasteiger partial charge in [0.1, 0.15) is 5.82 Å². The first kappa shape index (κ1) is 15.4. The Hall–Kier alpha value is -2.46. The van der Waals surface area contributed by atoms with E-state index in [-0.39, 0.29) is 11.4 Å². The molecular formula is C19H19FN2O. The van der Waals surface area contributed by atoms with E-state index in [4.69, 9.17) is 0 Å². The van der Waals surface area contributed by atoms with Crippen LogP contribution in [0.2, 0.25) is 0 Å². The molecular weight excluding hydrogens is 291 g/mol. The molecule has 2 N–H and O–H groups in total. The van der Waals surface area contributed by atoms with Crippen molar-refractivity contribution >= 4 is 10.9 Å². The Morgan fingerprint density at radius 2 is 1.87 bits per heavy atom. The Morgan fingerprint density at radius 3 is 2.65 bits per heavy atom. The van der Waals surface area contributed by atoms with Crippen LogP contribution in [0.3, 0.4) is 0 Å². The molecule has 3 rings (SSSR count). The molecule has 0 atom stereocenters. The second kappa shape index (κ2) is 6.75. The minimum atomic E-state index is -0.223. The van der Waals surface area contributed by atoms with Gasteiger partial charge in [-0.1, -0.05) is 24.3 Å². The van der Waals surface area contributed by atoms with E-state index in [9.17, 15) is 9.18 Å². The summed E-state index contributed by atoms with van der Waals surface area (Å²) < 4.78 is 12.8. The maximum atomic E-state index is 12.8. The minimum Gasteiger partial charge on any atom is -0.322 e. The van der Waals surface area contributed by atoms with Gasteiger partial charge in [0.15, 0.2) is 0 Å². The first-order valence-electron chi connectivity index (χ1n) is 7.69. The van der Waals surface area contributed by atoms with Crippen molar-refractivity contribution in [2.24, 2.45) is 0 Å². The number of fused-ring (bicyclic) bond motifs is 1. The van der Waals surface area contributed by atoms with Gasteiger partial charge in [0.05, 0.1) is 0 Å². The molecule has 2 aromatic carbocycles. The molecule has 23 heavy (non-hydrogen) atoms. The number of pyridine rings is 1. The van der Waals surface area contributed by atoms with Crippen LogP contribution >= 0.6 is 0 Å². The molecule has 0 bridgehead atoms. The van der Waals surface area contributed by atoms with Crippen molar-refractivity contribution in [3.8, 4) is 0 Å². The SMILES string of the molecule is Cc1ccc2cc(CNCCc3ccc(F)cc3)c(=O)[nH]c2c1. The van der Waals surface area contributed by atoms with Crippen molar-refractivity contribution in [2.75, 3.05) is 6.54 Å². The van der Waals surface area contributed by atoms with Gasteiger partial charge in [-0.05, 0) is 60.7 Å². The van der Waals surface area contributed by atoms with Crippen molar-refractivity contribution in [3.05, 3.63) is 81.4 Å². The Labute approximate surface area is 134 Å². The molecule has 0 saturated heterocycles. The summed E-state index contributed by atoms with van der Waals surface area (Å²) in [6.45, 7) is 3.25. The fourth-order valence-electron chi connectivity index (χ4n) is 2.60. The molecule has 0 aliphatic heterocycles. The average Bonchev–Trinajstić information content (AvgIpc) is 2.53. The third-order valence-corrected chi connectivity index (χ3v) is 3.90. The van der Waals surface area contributed by atoms with Crippen LogP contribution in [0.25, 0.3) is 10.9 Å². The summed E-state index contributed by atoms with van der Waals surface area (Å²) >= 11 is 0. The summed E-state index contributed by atoms with van der Waals surface area (Å²) in [6, 6.07) is 14.4. The number of rotatable bonds is 5. The predicted molar refractivity (Wildman–Crippen MR) is 91.1 cm³/mol. The molecule has 0 fully saturated rings. The molecule has 0 spiro atoms. The number of aromatic amines is 1. The van der Waals surface area contributed by atoms with Crippen molar-refractivity contribution in [1.82, 2.24) is 10.3 Å². The van der Waals surface area contributed by atoms with Gasteiger partial charge in [0.2, 0.25) is 0 Å². The quantitative estimate of drug-likeness (QED) is 0.710. The Morgan fingerprint density at radius 1 is 1.09 bits per heavy atom. The lowest BCUT2D eigenvalue weighted by Gasteiger charge is -2.07. The van der Waals surface area contributed by atoms with Gasteiger partial charge < -0.3 is 10.3 Å². The highest BCUT2D eigenvalue weighted by atomic mass is 19.1. The number of H-pyrrole nitrogens is 1. The minimum absolute atomic E-state index is 0.0580. The molecule has 118 valence electrons. The van der Waals surface area contributed by atoms with Crippen LogP contribution in [0.15, 0.2) is 53.3 Å². The number of hydrogen-bond donors (Lipinski definition) is 2. The van der Waals surface area contributed by atoms with E-state index in [0.29, 0.717) is 6.54 Å². The molecule has 1 heterocycles. The van der Waals surface area contributed by atoms with Crippen LogP contribution in [0.5, 0.6) is 0 Å². The van der Waals surface area contributed by atoms with Gasteiger partial charge >= 0.3 is 0 Å². The number of nitrogens with one attached hydrogen (secondary N) is 2. The summed E-state index contributed by atoms with van der Waals surface area (Å²) in [4.78, 5) is 15.0. The summed E-state index contributed by atoms with van der Waals surface area (Å²) in [5.74, 6) is -0.223. The van der Waals surface area contributed by atoms with E-state index in [1.165, 1.54) is 12.1 Å². The molecule has 0 unspecified atom stereocenters. The largest absolute Gasteiger partial charge is 0.322 e. The van der Waals surface area contributed by atoms with Crippen molar-refractivity contribution in [2.45, 2.75) is 19.9 Å². The summed E-state index contributed by atoms with van der Waals surface area (Å²) in [5, 5.41) is 4.30. The first-order valence-corrected chi connectivity index (χ1v) is 7.69. The van der Waals surface area contributed by atoms with E-state index < -0.39 is 0 Å². The van der Waals surface area contributed by atoms with Gasteiger partial charge in [-0.2, -0.15) is 0 Å². The maximum absolute atomic E-state index is 12.8. The van der Waals surface area contributed by atoms with Gasteiger partial charge in [-0.3, -0.25) is 4.79 Å². The summed E-state index contributed by atoms with van der Waals surface area (Å²) in [6.07, 6.45) is 0.797. The molecule has 0 aliphatic rings. The topological polar surface area (TPSA) is 44.9 Å². The van der Waals surface area contributed by atoms with Crippen molar-refractivity contribution < 1.29 is 4.39 Å². The normalized spacial score (nSPS) is 11.0. The fraction of sp³-hybridized carbons (Fsp3) is 0.211. The number of benzene rings is 2. The van der Waals surface area contributed by atoms with Crippen LogP contribution < -0.4 is 10.9 Å². The molecule has 3 aromatic rings. The lowest BCUT2D eigenvalue weighted by molar-refractivity contribution is 0.626. The van der Waals surface area contributed by atoms with Gasteiger partial charge in [0, 0.05) is 17.6 Å². The Balaban J connectivity index is 1.63. The first-order chi connectivity index (χ1) is 11.1. The number of aromatic nitrogens is 1. The van der Waals surface area contributed by atoms with Gasteiger partial charge in [-0.25, -0.2) is 4.39 Å². The van der Waals surface area contributed by atoms with Crippen LogP contribution in [0, 0.1) is 12.7 Å². The molecule has 3 nitrogen and oxygen atoms in total. The van der Waals surface area contributed by atoms with E-state index in [2.05, 4.69) is 10.3 Å². The second-order valence-electron chi connectivity index (χ2n) is 5.77. The van der Waals surface area contributed by atoms with Crippen LogP contribution in [0.4, 0.5) is 4.39 Å². The van der Waals surface area contributed by atoms with Crippen LogP contribution in [0.1, 0.15) is 16.7 Å². The number of hydrogen-bond acceptors (Lipinski definition) is 2. The molecule has 0 radical (unpaired) electrons. The fourth-order valence-corrected chi connectivity index (χ4v) is 2.60. The summed E-state index contributed by atoms with van der Waals surface area (Å²) in [5.41, 5.74) is 3.73. The van der Waals surface area contributed by atoms with Crippen LogP contribution in [-0.2, 0) is 13.0 Å².